The molecule has 30 heavy (non-hydrogen) atoms. The Hall–Kier alpha value is -2.23. The highest BCUT2D eigenvalue weighted by Gasteiger charge is 2.29. The van der Waals surface area contributed by atoms with Crippen molar-refractivity contribution in [1.29, 1.82) is 0 Å². The summed E-state index contributed by atoms with van der Waals surface area (Å²) in [5.41, 5.74) is -1.61. The molecule has 4 rings (SSSR count). The van der Waals surface area contributed by atoms with E-state index in [2.05, 4.69) is 37.9 Å². The number of benzene rings is 2. The number of halogens is 4. The van der Waals surface area contributed by atoms with Gasteiger partial charge in [-0.25, -0.2) is 4.98 Å². The van der Waals surface area contributed by atoms with Gasteiger partial charge in [0.1, 0.15) is 17.7 Å². The monoisotopic (exact) mass is 499 g/mol. The summed E-state index contributed by atoms with van der Waals surface area (Å²) >= 11 is 8.26. The first kappa shape index (κ1) is 21.0. The van der Waals surface area contributed by atoms with Crippen molar-refractivity contribution in [1.82, 2.24) is 9.55 Å². The zero-order chi connectivity index (χ0) is 21.6. The molecule has 0 bridgehead atoms. The van der Waals surface area contributed by atoms with Crippen LogP contribution in [-0.4, -0.2) is 26.1 Å². The highest BCUT2D eigenvalue weighted by atomic mass is 79.9. The highest BCUT2D eigenvalue weighted by Crippen LogP contribution is 2.38. The molecule has 1 aliphatic rings. The Labute approximate surface area is 183 Å². The molecular formula is C20H17BrClF2N3O3. The Balaban J connectivity index is 1.60. The van der Waals surface area contributed by atoms with E-state index in [-0.39, 0.29) is 11.8 Å². The minimum absolute atomic E-state index is 0.131. The van der Waals surface area contributed by atoms with Crippen LogP contribution >= 0.6 is 27.5 Å². The van der Waals surface area contributed by atoms with Gasteiger partial charge < -0.3 is 19.7 Å². The van der Waals surface area contributed by atoms with Crippen LogP contribution in [0.15, 0.2) is 40.9 Å². The number of ether oxygens (including phenoxy) is 1. The molecule has 0 radical (unpaired) electrons. The van der Waals surface area contributed by atoms with E-state index >= 15 is 0 Å². The molecule has 0 saturated heterocycles. The largest absolute Gasteiger partial charge is 0.487 e. The second-order valence-electron chi connectivity index (χ2n) is 7.13. The average molecular weight is 501 g/mol. The molecule has 0 spiro atoms. The number of alkyl halides is 3. The van der Waals surface area contributed by atoms with Crippen molar-refractivity contribution in [3.8, 4) is 5.75 Å². The molecule has 2 N–H and O–H groups in total. The third-order valence-electron chi connectivity index (χ3n) is 4.97. The van der Waals surface area contributed by atoms with Crippen LogP contribution in [0.5, 0.6) is 5.75 Å². The number of hydrogen-bond donors (Lipinski definition) is 2. The van der Waals surface area contributed by atoms with Crippen molar-refractivity contribution in [2.24, 2.45) is 0 Å². The summed E-state index contributed by atoms with van der Waals surface area (Å²) in [6, 6.07) is 8.94. The smallest absolute Gasteiger partial charge is 0.420 e. The molecular weight excluding hydrogens is 484 g/mol. The lowest BCUT2D eigenvalue weighted by Gasteiger charge is -2.26. The lowest BCUT2D eigenvalue weighted by Crippen LogP contribution is -2.19. The van der Waals surface area contributed by atoms with E-state index in [1.807, 2.05) is 4.57 Å². The zero-order valence-electron chi connectivity index (χ0n) is 15.7. The molecule has 0 fully saturated rings. The number of anilines is 1. The molecule has 10 heteroatoms. The normalized spacial score (nSPS) is 18.9. The topological polar surface area (TPSA) is 76.4 Å². The van der Waals surface area contributed by atoms with Crippen molar-refractivity contribution in [2.75, 3.05) is 5.32 Å². The molecule has 6 nitrogen and oxygen atoms in total. The van der Waals surface area contributed by atoms with Crippen LogP contribution in [-0.2, 0) is 0 Å². The van der Waals surface area contributed by atoms with Gasteiger partial charge >= 0.3 is 5.57 Å². The van der Waals surface area contributed by atoms with Gasteiger partial charge in [-0.3, -0.25) is 4.79 Å². The van der Waals surface area contributed by atoms with E-state index in [0.29, 0.717) is 33.5 Å². The van der Waals surface area contributed by atoms with Crippen LogP contribution in [0.25, 0.3) is 11.0 Å². The lowest BCUT2D eigenvalue weighted by molar-refractivity contribution is -0.0964. The molecule has 1 aromatic heterocycles. The molecule has 2 aromatic carbocycles. The number of carbonyl (C=O) groups is 1. The molecule has 0 aliphatic carbocycles. The second kappa shape index (κ2) is 7.79. The highest BCUT2D eigenvalue weighted by molar-refractivity contribution is 9.10. The van der Waals surface area contributed by atoms with E-state index in [1.165, 1.54) is 24.3 Å². The summed E-state index contributed by atoms with van der Waals surface area (Å²) < 4.78 is 32.3. The standard InChI is InChI=1S/C20H17BrClF2N3O3/c1-10-2-7-16(28)18-26-15-9-11(8-14(21)17(15)27(10)18)19(29)25-12-3-5-13(6-4-12)30-20(22,23)24/h3-6,8-10,16,28H,2,7H2,1H3,(H,25,29)/t10-,16?/m1/s1. The Morgan fingerprint density at radius 1 is 1.33 bits per heavy atom. The number of amides is 1. The van der Waals surface area contributed by atoms with Crippen molar-refractivity contribution < 1.29 is 23.4 Å². The SMILES string of the molecule is C[C@@H]1CCC(O)c2nc3cc(C(=O)Nc4ccc(OC(F)(F)Cl)cc4)cc(Br)c3n21. The molecule has 1 amide bonds. The number of fused-ring (bicyclic) bond motifs is 3. The third-order valence-corrected chi connectivity index (χ3v) is 5.65. The number of nitrogens with one attached hydrogen (secondary N) is 1. The first-order valence-corrected chi connectivity index (χ1v) is 10.4. The van der Waals surface area contributed by atoms with Crippen molar-refractivity contribution >= 4 is 50.2 Å². The number of hydrogen-bond acceptors (Lipinski definition) is 4. The summed E-state index contributed by atoms with van der Waals surface area (Å²) in [6.07, 6.45) is 0.841. The van der Waals surface area contributed by atoms with Crippen LogP contribution in [0, 0.1) is 0 Å². The van der Waals surface area contributed by atoms with Gasteiger partial charge in [-0.15, -0.1) is 8.78 Å². The summed E-state index contributed by atoms with van der Waals surface area (Å²) in [6.45, 7) is 2.07. The van der Waals surface area contributed by atoms with E-state index in [4.69, 9.17) is 11.6 Å². The number of rotatable bonds is 4. The van der Waals surface area contributed by atoms with Gasteiger partial charge in [0.05, 0.1) is 11.0 Å². The fourth-order valence-electron chi connectivity index (χ4n) is 3.61. The molecule has 3 aromatic rings. The summed E-state index contributed by atoms with van der Waals surface area (Å²) in [5, 5.41) is 13.0. The summed E-state index contributed by atoms with van der Waals surface area (Å²) in [7, 11) is 0. The van der Waals surface area contributed by atoms with Gasteiger partial charge in [0.2, 0.25) is 0 Å². The van der Waals surface area contributed by atoms with E-state index in [0.717, 1.165) is 11.9 Å². The zero-order valence-corrected chi connectivity index (χ0v) is 18.0. The Bertz CT molecular complexity index is 1120. The summed E-state index contributed by atoms with van der Waals surface area (Å²) in [4.78, 5) is 17.3. The van der Waals surface area contributed by atoms with Crippen molar-refractivity contribution in [3.05, 3.63) is 52.3 Å². The van der Waals surface area contributed by atoms with Crippen molar-refractivity contribution in [3.63, 3.8) is 0 Å². The predicted molar refractivity (Wildman–Crippen MR) is 112 cm³/mol. The molecule has 1 unspecified atom stereocenters. The van der Waals surface area contributed by atoms with Crippen LogP contribution in [0.1, 0.15) is 48.1 Å². The van der Waals surface area contributed by atoms with Gasteiger partial charge in [-0.2, -0.15) is 0 Å². The van der Waals surface area contributed by atoms with E-state index < -0.39 is 17.6 Å². The molecule has 158 valence electrons. The Morgan fingerprint density at radius 2 is 2.03 bits per heavy atom. The summed E-state index contributed by atoms with van der Waals surface area (Å²) in [5.74, 6) is 0.0654. The Morgan fingerprint density at radius 3 is 2.70 bits per heavy atom. The lowest BCUT2D eigenvalue weighted by atomic mass is 10.0. The molecule has 1 aliphatic heterocycles. The third kappa shape index (κ3) is 4.14. The fraction of sp³-hybridized carbons (Fsp3) is 0.300. The number of aromatic nitrogens is 2. The number of aliphatic hydroxyl groups excluding tert-OH is 1. The predicted octanol–water partition coefficient (Wildman–Crippen LogP) is 5.61. The number of nitrogens with zero attached hydrogens (tertiary/aromatic N) is 2. The number of aliphatic hydroxyl groups is 1. The average Bonchev–Trinajstić information content (AvgIpc) is 3.06. The number of carbonyl (C=O) groups excluding carboxylic acids is 1. The van der Waals surface area contributed by atoms with Crippen LogP contribution in [0.2, 0.25) is 0 Å². The minimum Gasteiger partial charge on any atom is -0.420 e. The quantitative estimate of drug-likeness (QED) is 0.457. The first-order chi connectivity index (χ1) is 14.1. The second-order valence-corrected chi connectivity index (χ2v) is 8.43. The first-order valence-electron chi connectivity index (χ1n) is 9.19. The maximum atomic E-state index is 12.7. The number of imidazole rings is 1. The van der Waals surface area contributed by atoms with Crippen LogP contribution in [0.3, 0.4) is 0 Å². The molecule has 0 saturated carbocycles. The van der Waals surface area contributed by atoms with Crippen molar-refractivity contribution in [2.45, 2.75) is 37.5 Å². The van der Waals surface area contributed by atoms with Gasteiger partial charge in [-0.1, -0.05) is 0 Å². The van der Waals surface area contributed by atoms with E-state index in [9.17, 15) is 18.7 Å². The van der Waals surface area contributed by atoms with Gasteiger partial charge in [-0.05, 0) is 72.1 Å². The van der Waals surface area contributed by atoms with Gasteiger partial charge in [0.15, 0.2) is 0 Å². The maximum absolute atomic E-state index is 12.7. The fourth-order valence-corrected chi connectivity index (χ4v) is 4.34. The molecule has 2 atom stereocenters. The van der Waals surface area contributed by atoms with E-state index in [1.54, 1.807) is 12.1 Å². The molecule has 2 heterocycles. The maximum Gasteiger partial charge on any atom is 0.487 e. The minimum atomic E-state index is -3.80. The van der Waals surface area contributed by atoms with Gasteiger partial charge in [0.25, 0.3) is 5.91 Å². The van der Waals surface area contributed by atoms with Crippen LogP contribution in [0.4, 0.5) is 14.5 Å². The Kier molecular flexibility index (Phi) is 5.46. The van der Waals surface area contributed by atoms with Crippen LogP contribution < -0.4 is 10.1 Å². The van der Waals surface area contributed by atoms with Gasteiger partial charge in [0, 0.05) is 33.4 Å².